The lowest BCUT2D eigenvalue weighted by atomic mass is 9.92. The molecule has 5 heteroatoms. The van der Waals surface area contributed by atoms with Gasteiger partial charge < -0.3 is 15.5 Å². The second kappa shape index (κ2) is 9.07. The zero-order valence-corrected chi connectivity index (χ0v) is 18.2. The third-order valence-corrected chi connectivity index (χ3v) is 5.86. The number of halogens is 2. The van der Waals surface area contributed by atoms with Gasteiger partial charge in [-0.3, -0.25) is 0 Å². The van der Waals surface area contributed by atoms with Gasteiger partial charge in [-0.2, -0.15) is 0 Å². The number of rotatable bonds is 7. The average Bonchev–Trinajstić information content (AvgIpc) is 3.20. The summed E-state index contributed by atoms with van der Waals surface area (Å²) in [5.41, 5.74) is 8.04. The molecule has 0 spiro atoms. The maximum absolute atomic E-state index is 13.5. The molecule has 3 aromatic rings. The highest BCUT2D eigenvalue weighted by atomic mass is 35.5. The van der Waals surface area contributed by atoms with Crippen molar-refractivity contribution in [2.24, 2.45) is 0 Å². The quantitative estimate of drug-likeness (QED) is 0.463. The van der Waals surface area contributed by atoms with Crippen LogP contribution in [0.1, 0.15) is 17.5 Å². The van der Waals surface area contributed by atoms with E-state index in [1.165, 1.54) is 40.1 Å². The van der Waals surface area contributed by atoms with Crippen molar-refractivity contribution in [2.75, 3.05) is 37.8 Å². The SMILES string of the molecule is CN(C)CCCc1c(Nc2ccc(F)cc2Cl)cccc1-c1cccc2c1NCC2. The lowest BCUT2D eigenvalue weighted by molar-refractivity contribution is 0.400. The maximum Gasteiger partial charge on any atom is 0.124 e. The smallest absolute Gasteiger partial charge is 0.124 e. The predicted octanol–water partition coefficient (Wildman–Crippen LogP) is 6.35. The molecule has 0 saturated carbocycles. The third-order valence-electron chi connectivity index (χ3n) is 5.55. The zero-order valence-electron chi connectivity index (χ0n) is 17.4. The fourth-order valence-electron chi connectivity index (χ4n) is 4.10. The number of fused-ring (bicyclic) bond motifs is 1. The van der Waals surface area contributed by atoms with Crippen LogP contribution >= 0.6 is 11.6 Å². The molecule has 0 saturated heterocycles. The molecule has 0 radical (unpaired) electrons. The van der Waals surface area contributed by atoms with Crippen molar-refractivity contribution in [2.45, 2.75) is 19.3 Å². The van der Waals surface area contributed by atoms with Gasteiger partial charge in [-0.15, -0.1) is 0 Å². The monoisotopic (exact) mass is 423 g/mol. The first kappa shape index (κ1) is 20.7. The lowest BCUT2D eigenvalue weighted by Gasteiger charge is -2.20. The maximum atomic E-state index is 13.5. The fourth-order valence-corrected chi connectivity index (χ4v) is 4.31. The summed E-state index contributed by atoms with van der Waals surface area (Å²) in [6.07, 6.45) is 3.03. The summed E-state index contributed by atoms with van der Waals surface area (Å²) in [7, 11) is 4.19. The number of nitrogens with one attached hydrogen (secondary N) is 2. The first-order valence-corrected chi connectivity index (χ1v) is 10.8. The van der Waals surface area contributed by atoms with Gasteiger partial charge in [0.1, 0.15) is 5.82 Å². The van der Waals surface area contributed by atoms with E-state index in [4.69, 9.17) is 11.6 Å². The Morgan fingerprint density at radius 1 is 1.03 bits per heavy atom. The van der Waals surface area contributed by atoms with Crippen LogP contribution in [0.4, 0.5) is 21.5 Å². The van der Waals surface area contributed by atoms with Crippen LogP contribution in [0, 0.1) is 5.82 Å². The lowest BCUT2D eigenvalue weighted by Crippen LogP contribution is -2.14. The van der Waals surface area contributed by atoms with Gasteiger partial charge in [-0.25, -0.2) is 4.39 Å². The van der Waals surface area contributed by atoms with Crippen LogP contribution < -0.4 is 10.6 Å². The van der Waals surface area contributed by atoms with Crippen LogP contribution in [0.25, 0.3) is 11.1 Å². The summed E-state index contributed by atoms with van der Waals surface area (Å²) in [6.45, 7) is 1.99. The van der Waals surface area contributed by atoms with E-state index in [1.807, 2.05) is 0 Å². The van der Waals surface area contributed by atoms with Gasteiger partial charge in [0, 0.05) is 23.5 Å². The van der Waals surface area contributed by atoms with Crippen molar-refractivity contribution >= 4 is 28.7 Å². The molecule has 0 amide bonds. The second-order valence-electron chi connectivity index (χ2n) is 8.00. The Bertz CT molecular complexity index is 1050. The van der Waals surface area contributed by atoms with E-state index in [1.54, 1.807) is 6.07 Å². The van der Waals surface area contributed by atoms with E-state index >= 15 is 0 Å². The van der Waals surface area contributed by atoms with Crippen LogP contribution in [-0.2, 0) is 12.8 Å². The van der Waals surface area contributed by atoms with Gasteiger partial charge in [0.05, 0.1) is 10.7 Å². The highest BCUT2D eigenvalue weighted by Gasteiger charge is 2.18. The standard InChI is InChI=1S/C25H27ClFN3/c1-30(2)15-5-9-20-19(21-8-3-6-17-13-14-28-25(17)21)7-4-10-23(20)29-24-12-11-18(27)16-22(24)26/h3-4,6-8,10-12,16,28-29H,5,9,13-15H2,1-2H3. The minimum atomic E-state index is -0.337. The summed E-state index contributed by atoms with van der Waals surface area (Å²) in [5.74, 6) is -0.337. The molecular weight excluding hydrogens is 397 g/mol. The van der Waals surface area contributed by atoms with E-state index < -0.39 is 0 Å². The molecular formula is C25H27ClFN3. The number of para-hydroxylation sites is 1. The highest BCUT2D eigenvalue weighted by molar-refractivity contribution is 6.33. The van der Waals surface area contributed by atoms with Crippen molar-refractivity contribution in [3.05, 3.63) is 76.6 Å². The minimum Gasteiger partial charge on any atom is -0.384 e. The molecule has 1 aliphatic rings. The molecule has 0 fully saturated rings. The Morgan fingerprint density at radius 2 is 1.83 bits per heavy atom. The van der Waals surface area contributed by atoms with Crippen molar-refractivity contribution in [1.29, 1.82) is 0 Å². The molecule has 3 aromatic carbocycles. The van der Waals surface area contributed by atoms with Gasteiger partial charge in [0.25, 0.3) is 0 Å². The summed E-state index contributed by atoms with van der Waals surface area (Å²) >= 11 is 6.29. The number of benzene rings is 3. The second-order valence-corrected chi connectivity index (χ2v) is 8.41. The molecule has 0 atom stereocenters. The molecule has 2 N–H and O–H groups in total. The minimum absolute atomic E-state index is 0.337. The van der Waals surface area contributed by atoms with Gasteiger partial charge in [-0.05, 0) is 80.9 Å². The fraction of sp³-hybridized carbons (Fsp3) is 0.280. The van der Waals surface area contributed by atoms with Gasteiger partial charge >= 0.3 is 0 Å². The molecule has 30 heavy (non-hydrogen) atoms. The Labute approximate surface area is 182 Å². The van der Waals surface area contributed by atoms with Crippen molar-refractivity contribution < 1.29 is 4.39 Å². The molecule has 3 nitrogen and oxygen atoms in total. The number of hydrogen-bond acceptors (Lipinski definition) is 3. The van der Waals surface area contributed by atoms with Crippen LogP contribution in [0.2, 0.25) is 5.02 Å². The first-order valence-electron chi connectivity index (χ1n) is 10.4. The molecule has 1 heterocycles. The topological polar surface area (TPSA) is 27.3 Å². The summed E-state index contributed by atoms with van der Waals surface area (Å²) in [5, 5.41) is 7.39. The molecule has 0 unspecified atom stereocenters. The molecule has 156 valence electrons. The Balaban J connectivity index is 1.76. The Kier molecular flexibility index (Phi) is 6.26. The molecule has 0 aliphatic carbocycles. The van der Waals surface area contributed by atoms with Crippen LogP contribution in [-0.4, -0.2) is 32.1 Å². The molecule has 0 aromatic heterocycles. The molecule has 1 aliphatic heterocycles. The van der Waals surface area contributed by atoms with Crippen molar-refractivity contribution in [1.82, 2.24) is 4.90 Å². The largest absolute Gasteiger partial charge is 0.384 e. The van der Waals surface area contributed by atoms with Gasteiger partial charge in [0.15, 0.2) is 0 Å². The number of nitrogens with zero attached hydrogens (tertiary/aromatic N) is 1. The average molecular weight is 424 g/mol. The zero-order chi connectivity index (χ0) is 21.1. The van der Waals surface area contributed by atoms with Crippen LogP contribution in [0.15, 0.2) is 54.6 Å². The number of anilines is 3. The summed E-state index contributed by atoms with van der Waals surface area (Å²) in [4.78, 5) is 2.20. The van der Waals surface area contributed by atoms with E-state index in [-0.39, 0.29) is 5.82 Å². The van der Waals surface area contributed by atoms with Gasteiger partial charge in [0.2, 0.25) is 0 Å². The Hall–Kier alpha value is -2.56. The van der Waals surface area contributed by atoms with Crippen LogP contribution in [0.5, 0.6) is 0 Å². The van der Waals surface area contributed by atoms with Crippen molar-refractivity contribution in [3.63, 3.8) is 0 Å². The first-order chi connectivity index (χ1) is 14.5. The van der Waals surface area contributed by atoms with Crippen LogP contribution in [0.3, 0.4) is 0 Å². The van der Waals surface area contributed by atoms with Crippen molar-refractivity contribution in [3.8, 4) is 11.1 Å². The third kappa shape index (κ3) is 4.45. The van der Waals surface area contributed by atoms with E-state index in [9.17, 15) is 4.39 Å². The van der Waals surface area contributed by atoms with E-state index in [0.717, 1.165) is 38.0 Å². The Morgan fingerprint density at radius 3 is 2.63 bits per heavy atom. The summed E-state index contributed by atoms with van der Waals surface area (Å²) < 4.78 is 13.5. The molecule has 4 rings (SSSR count). The summed E-state index contributed by atoms with van der Waals surface area (Å²) in [6, 6.07) is 17.3. The molecule has 0 bridgehead atoms. The van der Waals surface area contributed by atoms with E-state index in [2.05, 4.69) is 66.0 Å². The van der Waals surface area contributed by atoms with Gasteiger partial charge in [-0.1, -0.05) is 41.9 Å². The predicted molar refractivity (Wildman–Crippen MR) is 126 cm³/mol. The van der Waals surface area contributed by atoms with E-state index in [0.29, 0.717) is 10.7 Å². The number of hydrogen-bond donors (Lipinski definition) is 2. The highest BCUT2D eigenvalue weighted by Crippen LogP contribution is 2.39. The normalized spacial score (nSPS) is 12.7.